The molecule has 150 valence electrons. The second kappa shape index (κ2) is 12.3. The highest BCUT2D eigenvalue weighted by Gasteiger charge is 2.23. The third-order valence-electron chi connectivity index (χ3n) is 4.49. The number of thiophene rings is 1. The van der Waals surface area contributed by atoms with Gasteiger partial charge in [0.1, 0.15) is 0 Å². The van der Waals surface area contributed by atoms with Crippen LogP contribution in [0.1, 0.15) is 17.3 Å². The fraction of sp³-hybridized carbons (Fsp3) is 0.556. The Kier molecular flexibility index (Phi) is 10.1. The zero-order chi connectivity index (χ0) is 18.0. The summed E-state index contributed by atoms with van der Waals surface area (Å²) < 4.78 is 7.60. The van der Waals surface area contributed by atoms with E-state index in [1.165, 1.54) is 4.88 Å². The number of aliphatic imine (C=N–C) groups is 1. The van der Waals surface area contributed by atoms with Gasteiger partial charge in [-0.2, -0.15) is 0 Å². The van der Waals surface area contributed by atoms with Crippen molar-refractivity contribution in [1.82, 2.24) is 25.1 Å². The molecular weight excluding hydrogens is 475 g/mol. The van der Waals surface area contributed by atoms with Crippen molar-refractivity contribution in [2.75, 3.05) is 46.4 Å². The Bertz CT molecular complexity index is 643. The van der Waals surface area contributed by atoms with Crippen molar-refractivity contribution in [3.8, 4) is 0 Å². The van der Waals surface area contributed by atoms with Crippen LogP contribution in [0.3, 0.4) is 0 Å². The predicted molar refractivity (Wildman–Crippen MR) is 121 cm³/mol. The summed E-state index contributed by atoms with van der Waals surface area (Å²) in [4.78, 5) is 12.3. The number of morpholine rings is 1. The molecule has 7 nitrogen and oxygen atoms in total. The number of imidazole rings is 1. The van der Waals surface area contributed by atoms with Crippen LogP contribution in [0.4, 0.5) is 0 Å². The van der Waals surface area contributed by atoms with Crippen molar-refractivity contribution in [2.45, 2.75) is 19.0 Å². The van der Waals surface area contributed by atoms with Crippen LogP contribution in [-0.2, 0) is 11.3 Å². The summed E-state index contributed by atoms with van der Waals surface area (Å²) in [5.41, 5.74) is 0. The van der Waals surface area contributed by atoms with Crippen molar-refractivity contribution in [2.24, 2.45) is 4.99 Å². The third-order valence-corrected chi connectivity index (χ3v) is 5.46. The van der Waals surface area contributed by atoms with Crippen LogP contribution >= 0.6 is 35.3 Å². The number of aromatic nitrogens is 2. The summed E-state index contributed by atoms with van der Waals surface area (Å²) in [7, 11) is 1.82. The molecule has 2 aromatic heterocycles. The molecule has 3 heterocycles. The first-order chi connectivity index (χ1) is 12.9. The third kappa shape index (κ3) is 7.05. The number of halogens is 1. The number of hydrogen-bond donors (Lipinski definition) is 2. The zero-order valence-electron chi connectivity index (χ0n) is 15.7. The highest BCUT2D eigenvalue weighted by molar-refractivity contribution is 14.0. The monoisotopic (exact) mass is 504 g/mol. The molecule has 0 saturated carbocycles. The maximum absolute atomic E-state index is 5.51. The Morgan fingerprint density at radius 2 is 2.22 bits per heavy atom. The number of hydrogen-bond acceptors (Lipinski definition) is 5. The van der Waals surface area contributed by atoms with Crippen LogP contribution in [0.2, 0.25) is 0 Å². The van der Waals surface area contributed by atoms with Crippen LogP contribution in [-0.4, -0.2) is 66.9 Å². The molecule has 3 rings (SSSR count). The van der Waals surface area contributed by atoms with Crippen LogP contribution in [0.25, 0.3) is 0 Å². The van der Waals surface area contributed by atoms with Gasteiger partial charge in [0, 0.05) is 57.0 Å². The molecule has 1 unspecified atom stereocenters. The van der Waals surface area contributed by atoms with Gasteiger partial charge in [-0.05, 0) is 17.9 Å². The first-order valence-electron chi connectivity index (χ1n) is 9.12. The molecule has 1 saturated heterocycles. The Morgan fingerprint density at radius 1 is 1.37 bits per heavy atom. The van der Waals surface area contributed by atoms with Gasteiger partial charge in [-0.25, -0.2) is 4.98 Å². The van der Waals surface area contributed by atoms with Gasteiger partial charge in [0.25, 0.3) is 0 Å². The van der Waals surface area contributed by atoms with Gasteiger partial charge in [0.15, 0.2) is 5.96 Å². The molecule has 9 heteroatoms. The van der Waals surface area contributed by atoms with Gasteiger partial charge in [-0.3, -0.25) is 9.89 Å². The van der Waals surface area contributed by atoms with E-state index in [9.17, 15) is 0 Å². The molecule has 0 aromatic carbocycles. The highest BCUT2D eigenvalue weighted by atomic mass is 127. The lowest BCUT2D eigenvalue weighted by Crippen LogP contribution is -2.46. The number of nitrogens with one attached hydrogen (secondary N) is 2. The number of aryl methyl sites for hydroxylation is 1. The van der Waals surface area contributed by atoms with Crippen LogP contribution < -0.4 is 10.6 Å². The van der Waals surface area contributed by atoms with E-state index in [1.54, 1.807) is 0 Å². The summed E-state index contributed by atoms with van der Waals surface area (Å²) in [5, 5.41) is 9.04. The molecule has 2 aromatic rings. The second-order valence-electron chi connectivity index (χ2n) is 6.21. The van der Waals surface area contributed by atoms with Crippen molar-refractivity contribution < 1.29 is 4.74 Å². The van der Waals surface area contributed by atoms with E-state index in [1.807, 2.05) is 37.1 Å². The Morgan fingerprint density at radius 3 is 2.89 bits per heavy atom. The lowest BCUT2D eigenvalue weighted by Gasteiger charge is -2.34. The minimum atomic E-state index is 0. The lowest BCUT2D eigenvalue weighted by molar-refractivity contribution is 0.0177. The lowest BCUT2D eigenvalue weighted by atomic mass is 10.2. The van der Waals surface area contributed by atoms with Crippen molar-refractivity contribution in [3.63, 3.8) is 0 Å². The van der Waals surface area contributed by atoms with Gasteiger partial charge in [0.05, 0.1) is 25.6 Å². The minimum Gasteiger partial charge on any atom is -0.379 e. The minimum absolute atomic E-state index is 0. The van der Waals surface area contributed by atoms with Crippen LogP contribution in [0.15, 0.2) is 41.2 Å². The maximum Gasteiger partial charge on any atom is 0.191 e. The Labute approximate surface area is 182 Å². The molecule has 27 heavy (non-hydrogen) atoms. The van der Waals surface area contributed by atoms with E-state index in [0.717, 1.165) is 58.3 Å². The number of nitrogens with zero attached hydrogens (tertiary/aromatic N) is 4. The molecule has 0 aliphatic carbocycles. The van der Waals surface area contributed by atoms with Crippen molar-refractivity contribution in [3.05, 3.63) is 41.1 Å². The quantitative estimate of drug-likeness (QED) is 0.250. The molecule has 2 N–H and O–H groups in total. The molecule has 1 aliphatic rings. The summed E-state index contributed by atoms with van der Waals surface area (Å²) in [5.74, 6) is 0.852. The van der Waals surface area contributed by atoms with E-state index in [0.29, 0.717) is 6.04 Å². The number of rotatable bonds is 8. The van der Waals surface area contributed by atoms with E-state index in [2.05, 4.69) is 47.6 Å². The summed E-state index contributed by atoms with van der Waals surface area (Å²) in [6, 6.07) is 4.69. The summed E-state index contributed by atoms with van der Waals surface area (Å²) in [6.45, 7) is 6.23. The second-order valence-corrected chi connectivity index (χ2v) is 7.19. The number of ether oxygens (including phenoxy) is 1. The van der Waals surface area contributed by atoms with Gasteiger partial charge in [-0.1, -0.05) is 6.07 Å². The van der Waals surface area contributed by atoms with Gasteiger partial charge < -0.3 is 19.9 Å². The van der Waals surface area contributed by atoms with Gasteiger partial charge in [-0.15, -0.1) is 35.3 Å². The Hall–Kier alpha value is -1.17. The summed E-state index contributed by atoms with van der Waals surface area (Å²) >= 11 is 1.81. The fourth-order valence-corrected chi connectivity index (χ4v) is 3.94. The van der Waals surface area contributed by atoms with Crippen molar-refractivity contribution >= 4 is 41.3 Å². The van der Waals surface area contributed by atoms with Gasteiger partial charge >= 0.3 is 0 Å². The van der Waals surface area contributed by atoms with E-state index in [-0.39, 0.29) is 24.0 Å². The van der Waals surface area contributed by atoms with E-state index < -0.39 is 0 Å². The van der Waals surface area contributed by atoms with Crippen LogP contribution in [0.5, 0.6) is 0 Å². The molecule has 1 fully saturated rings. The molecule has 1 aliphatic heterocycles. The normalized spacial score (nSPS) is 16.6. The molecule has 1 atom stereocenters. The maximum atomic E-state index is 5.51. The molecule has 0 amide bonds. The molecule has 0 spiro atoms. The smallest absolute Gasteiger partial charge is 0.191 e. The van der Waals surface area contributed by atoms with Gasteiger partial charge in [0.2, 0.25) is 0 Å². The average molecular weight is 504 g/mol. The molecule has 0 bridgehead atoms. The van der Waals surface area contributed by atoms with Crippen LogP contribution in [0, 0.1) is 0 Å². The predicted octanol–water partition coefficient (Wildman–Crippen LogP) is 2.19. The van der Waals surface area contributed by atoms with E-state index in [4.69, 9.17) is 4.74 Å². The topological polar surface area (TPSA) is 66.7 Å². The highest BCUT2D eigenvalue weighted by Crippen LogP contribution is 2.25. The zero-order valence-corrected chi connectivity index (χ0v) is 18.9. The molecule has 0 radical (unpaired) electrons. The average Bonchev–Trinajstić information content (AvgIpc) is 3.38. The molecular formula is C18H29IN6OS. The Balaban J connectivity index is 0.00000261. The van der Waals surface area contributed by atoms with E-state index >= 15 is 0 Å². The first-order valence-corrected chi connectivity index (χ1v) is 10.0. The standard InChI is InChI=1S/C18H28N6OS.HI/c1-19-18(21-5-3-7-23-8-6-20-15-23)22-14-16(17-4-2-13-26-17)24-9-11-25-12-10-24;/h2,4,6,8,13,15-16H,3,5,7,9-12,14H2,1H3,(H2,19,21,22);1H. The van der Waals surface area contributed by atoms with Crippen molar-refractivity contribution in [1.29, 1.82) is 0 Å². The summed E-state index contributed by atoms with van der Waals surface area (Å²) in [6.07, 6.45) is 6.67. The fourth-order valence-electron chi connectivity index (χ4n) is 3.08. The first kappa shape index (κ1) is 22.1. The number of guanidine groups is 1. The SMILES string of the molecule is CN=C(NCCCn1ccnc1)NCC(c1cccs1)N1CCOCC1.I. The largest absolute Gasteiger partial charge is 0.379 e.